The number of anilines is 1. The third-order valence-corrected chi connectivity index (χ3v) is 3.06. The van der Waals surface area contributed by atoms with Crippen LogP contribution >= 0.6 is 0 Å². The summed E-state index contributed by atoms with van der Waals surface area (Å²) in [6, 6.07) is 4.69. The minimum absolute atomic E-state index is 0.0892. The highest BCUT2D eigenvalue weighted by Crippen LogP contribution is 2.20. The van der Waals surface area contributed by atoms with E-state index in [0.717, 1.165) is 6.42 Å². The first-order chi connectivity index (χ1) is 8.52. The molecule has 1 aromatic rings. The number of carbonyl (C=O) groups is 3. The summed E-state index contributed by atoms with van der Waals surface area (Å²) < 4.78 is 0. The van der Waals surface area contributed by atoms with Crippen LogP contribution in [0.25, 0.3) is 0 Å². The third kappa shape index (κ3) is 2.11. The van der Waals surface area contributed by atoms with Gasteiger partial charge in [0.05, 0.1) is 11.1 Å². The molecule has 1 atom stereocenters. The molecule has 1 aliphatic heterocycles. The number of imide groups is 1. The lowest BCUT2D eigenvalue weighted by atomic mass is 10.1. The molecule has 1 heterocycles. The number of nitrogens with one attached hydrogen (secondary N) is 2. The molecule has 0 aromatic heterocycles. The molecule has 0 saturated heterocycles. The molecule has 3 amide bonds. The highest BCUT2D eigenvalue weighted by Gasteiger charge is 2.26. The van der Waals surface area contributed by atoms with Crippen molar-refractivity contribution >= 4 is 23.4 Å². The normalized spacial score (nSPS) is 15.0. The van der Waals surface area contributed by atoms with Gasteiger partial charge in [-0.25, -0.2) is 0 Å². The maximum atomic E-state index is 11.7. The van der Waals surface area contributed by atoms with E-state index in [0.29, 0.717) is 16.8 Å². The summed E-state index contributed by atoms with van der Waals surface area (Å²) >= 11 is 0. The van der Waals surface area contributed by atoms with Crippen LogP contribution in [0.2, 0.25) is 0 Å². The zero-order valence-electron chi connectivity index (χ0n) is 10.2. The Morgan fingerprint density at radius 3 is 2.61 bits per heavy atom. The van der Waals surface area contributed by atoms with Crippen molar-refractivity contribution in [2.24, 2.45) is 5.92 Å². The summed E-state index contributed by atoms with van der Waals surface area (Å²) in [5.41, 5.74) is 1.19. The van der Waals surface area contributed by atoms with Gasteiger partial charge in [-0.15, -0.1) is 0 Å². The van der Waals surface area contributed by atoms with Gasteiger partial charge in [-0.3, -0.25) is 19.7 Å². The van der Waals surface area contributed by atoms with Crippen molar-refractivity contribution in [1.29, 1.82) is 0 Å². The lowest BCUT2D eigenvalue weighted by Gasteiger charge is -2.10. The van der Waals surface area contributed by atoms with Crippen molar-refractivity contribution in [1.82, 2.24) is 5.32 Å². The van der Waals surface area contributed by atoms with Crippen LogP contribution in [0.15, 0.2) is 18.2 Å². The standard InChI is InChI=1S/C13H14N2O3/c1-3-7(2)11(16)14-8-4-5-9-10(6-8)13(18)15-12(9)17/h4-7H,3H2,1-2H3,(H,14,16)(H,15,17,18)/t7-/m0/s1. The summed E-state index contributed by atoms with van der Waals surface area (Å²) in [5.74, 6) is -1.000. The zero-order chi connectivity index (χ0) is 13.3. The topological polar surface area (TPSA) is 75.3 Å². The summed E-state index contributed by atoms with van der Waals surface area (Å²) in [5, 5.41) is 4.93. The van der Waals surface area contributed by atoms with Gasteiger partial charge >= 0.3 is 0 Å². The van der Waals surface area contributed by atoms with Crippen LogP contribution in [0.1, 0.15) is 41.0 Å². The first kappa shape index (κ1) is 12.3. The second kappa shape index (κ2) is 4.60. The zero-order valence-corrected chi connectivity index (χ0v) is 10.2. The monoisotopic (exact) mass is 246 g/mol. The van der Waals surface area contributed by atoms with E-state index in [1.807, 2.05) is 13.8 Å². The molecule has 2 N–H and O–H groups in total. The number of fused-ring (bicyclic) bond motifs is 1. The van der Waals surface area contributed by atoms with Gasteiger partial charge in [-0.05, 0) is 24.6 Å². The molecule has 0 unspecified atom stereocenters. The fraction of sp³-hybridized carbons (Fsp3) is 0.308. The molecule has 0 saturated carbocycles. The Balaban J connectivity index is 2.23. The van der Waals surface area contributed by atoms with Crippen LogP contribution in [0.3, 0.4) is 0 Å². The quantitative estimate of drug-likeness (QED) is 0.794. The Morgan fingerprint density at radius 1 is 1.28 bits per heavy atom. The first-order valence-electron chi connectivity index (χ1n) is 5.83. The van der Waals surface area contributed by atoms with Crippen molar-refractivity contribution in [2.45, 2.75) is 20.3 Å². The van der Waals surface area contributed by atoms with Gasteiger partial charge in [0.25, 0.3) is 11.8 Å². The van der Waals surface area contributed by atoms with E-state index >= 15 is 0 Å². The first-order valence-corrected chi connectivity index (χ1v) is 5.83. The fourth-order valence-electron chi connectivity index (χ4n) is 1.70. The smallest absolute Gasteiger partial charge is 0.259 e. The number of amides is 3. The van der Waals surface area contributed by atoms with Crippen molar-refractivity contribution in [3.63, 3.8) is 0 Å². The van der Waals surface area contributed by atoms with E-state index in [9.17, 15) is 14.4 Å². The largest absolute Gasteiger partial charge is 0.326 e. The molecule has 94 valence electrons. The van der Waals surface area contributed by atoms with Crippen LogP contribution in [0, 0.1) is 5.92 Å². The minimum atomic E-state index is -0.422. The summed E-state index contributed by atoms with van der Waals surface area (Å²) in [6.45, 7) is 3.76. The van der Waals surface area contributed by atoms with E-state index in [-0.39, 0.29) is 11.8 Å². The summed E-state index contributed by atoms with van der Waals surface area (Å²) in [6.07, 6.45) is 0.746. The van der Waals surface area contributed by atoms with Gasteiger partial charge in [0.15, 0.2) is 0 Å². The molecule has 0 bridgehead atoms. The molecular weight excluding hydrogens is 232 g/mol. The van der Waals surface area contributed by atoms with Crippen molar-refractivity contribution in [3.05, 3.63) is 29.3 Å². The highest BCUT2D eigenvalue weighted by atomic mass is 16.2. The van der Waals surface area contributed by atoms with Gasteiger partial charge in [0.1, 0.15) is 0 Å². The third-order valence-electron chi connectivity index (χ3n) is 3.06. The second-order valence-corrected chi connectivity index (χ2v) is 4.34. The molecular formula is C13H14N2O3. The molecule has 18 heavy (non-hydrogen) atoms. The Bertz CT molecular complexity index is 537. The molecule has 2 rings (SSSR count). The lowest BCUT2D eigenvalue weighted by molar-refractivity contribution is -0.119. The van der Waals surface area contributed by atoms with E-state index < -0.39 is 11.8 Å². The Morgan fingerprint density at radius 2 is 1.94 bits per heavy atom. The number of carbonyl (C=O) groups excluding carboxylic acids is 3. The predicted octanol–water partition coefficient (Wildman–Crippen LogP) is 1.55. The number of benzene rings is 1. The number of hydrogen-bond donors (Lipinski definition) is 2. The van der Waals surface area contributed by atoms with Crippen molar-refractivity contribution in [3.8, 4) is 0 Å². The Labute approximate surface area is 105 Å². The minimum Gasteiger partial charge on any atom is -0.326 e. The van der Waals surface area contributed by atoms with E-state index in [1.165, 1.54) is 6.07 Å². The molecule has 0 fully saturated rings. The molecule has 5 heteroatoms. The number of rotatable bonds is 3. The van der Waals surface area contributed by atoms with Gasteiger partial charge in [0.2, 0.25) is 5.91 Å². The molecule has 5 nitrogen and oxygen atoms in total. The van der Waals surface area contributed by atoms with Crippen LogP contribution < -0.4 is 10.6 Å². The maximum Gasteiger partial charge on any atom is 0.259 e. The van der Waals surface area contributed by atoms with Gasteiger partial charge in [-0.1, -0.05) is 13.8 Å². The van der Waals surface area contributed by atoms with Gasteiger partial charge in [0, 0.05) is 11.6 Å². The second-order valence-electron chi connectivity index (χ2n) is 4.34. The summed E-state index contributed by atoms with van der Waals surface area (Å²) in [4.78, 5) is 34.5. The van der Waals surface area contributed by atoms with Crippen LogP contribution in [0.5, 0.6) is 0 Å². The van der Waals surface area contributed by atoms with E-state index in [1.54, 1.807) is 12.1 Å². The average molecular weight is 246 g/mol. The van der Waals surface area contributed by atoms with Gasteiger partial charge < -0.3 is 5.32 Å². The SMILES string of the molecule is CC[C@H](C)C(=O)Nc1ccc2c(c1)C(=O)NC2=O. The Hall–Kier alpha value is -2.17. The van der Waals surface area contributed by atoms with Crippen LogP contribution in [0.4, 0.5) is 5.69 Å². The lowest BCUT2D eigenvalue weighted by Crippen LogP contribution is -2.20. The number of hydrogen-bond acceptors (Lipinski definition) is 3. The van der Waals surface area contributed by atoms with E-state index in [2.05, 4.69) is 10.6 Å². The fourth-order valence-corrected chi connectivity index (χ4v) is 1.70. The Kier molecular flexibility index (Phi) is 3.14. The predicted molar refractivity (Wildman–Crippen MR) is 66.3 cm³/mol. The van der Waals surface area contributed by atoms with Crippen molar-refractivity contribution < 1.29 is 14.4 Å². The molecule has 0 aliphatic carbocycles. The molecule has 1 aliphatic rings. The summed E-state index contributed by atoms with van der Waals surface area (Å²) in [7, 11) is 0. The van der Waals surface area contributed by atoms with Crippen molar-refractivity contribution in [2.75, 3.05) is 5.32 Å². The molecule has 0 radical (unpaired) electrons. The van der Waals surface area contributed by atoms with Gasteiger partial charge in [-0.2, -0.15) is 0 Å². The average Bonchev–Trinajstić information content (AvgIpc) is 2.63. The van der Waals surface area contributed by atoms with Crippen LogP contribution in [-0.2, 0) is 4.79 Å². The van der Waals surface area contributed by atoms with Crippen LogP contribution in [-0.4, -0.2) is 17.7 Å². The molecule has 1 aromatic carbocycles. The highest BCUT2D eigenvalue weighted by molar-refractivity contribution is 6.22. The maximum absolute atomic E-state index is 11.7. The van der Waals surface area contributed by atoms with E-state index in [4.69, 9.17) is 0 Å². The molecule has 0 spiro atoms.